The number of aliphatic imine (C=N–C) groups is 1. The Bertz CT molecular complexity index is 256. The summed E-state index contributed by atoms with van der Waals surface area (Å²) in [5, 5.41) is 4.36. The van der Waals surface area contributed by atoms with Crippen LogP contribution < -0.4 is 16.4 Å². The van der Waals surface area contributed by atoms with Gasteiger partial charge in [0.05, 0.1) is 0 Å². The van der Waals surface area contributed by atoms with E-state index in [1.54, 1.807) is 0 Å². The fourth-order valence-electron chi connectivity index (χ4n) is 0.674. The molecule has 14 heavy (non-hydrogen) atoms. The van der Waals surface area contributed by atoms with Gasteiger partial charge in [0, 0.05) is 0 Å². The molecule has 0 aromatic rings. The third kappa shape index (κ3) is 3.59. The summed E-state index contributed by atoms with van der Waals surface area (Å²) in [5.41, 5.74) is 4.78. The molecule has 0 unspecified atom stereocenters. The second kappa shape index (κ2) is 6.17. The molecule has 2 radical (unpaired) electrons. The maximum atomic E-state index is 10.9. The fraction of sp³-hybridized carbons (Fsp3) is 0.250. The van der Waals surface area contributed by atoms with Crippen LogP contribution in [0.5, 0.6) is 0 Å². The first kappa shape index (κ1) is 15.1. The Hall–Kier alpha value is -1.34. The van der Waals surface area contributed by atoms with Gasteiger partial charge in [-0.25, -0.2) is 9.79 Å². The third-order valence-electron chi connectivity index (χ3n) is 1.12. The van der Waals surface area contributed by atoms with E-state index in [0.29, 0.717) is 0 Å². The monoisotopic (exact) mass is 220 g/mol. The molecule has 0 spiro atoms. The number of rotatable bonds is 1. The predicted octanol–water partition coefficient (Wildman–Crippen LogP) is -4.08. The van der Waals surface area contributed by atoms with E-state index in [9.17, 15) is 9.59 Å². The number of amidine groups is 1. The van der Waals surface area contributed by atoms with Crippen molar-refractivity contribution in [2.45, 2.75) is 6.17 Å². The average molecular weight is 220 g/mol. The molecule has 0 saturated carbocycles. The highest BCUT2D eigenvalue weighted by Gasteiger charge is 2.26. The van der Waals surface area contributed by atoms with Crippen LogP contribution in [0.3, 0.4) is 0 Å². The van der Waals surface area contributed by atoms with Gasteiger partial charge in [-0.15, -0.1) is 0 Å². The number of urea groups is 1. The molecule has 8 N–H and O–H groups in total. The minimum atomic E-state index is -0.988. The summed E-state index contributed by atoms with van der Waals surface area (Å²) in [5.74, 6) is -0.480. The van der Waals surface area contributed by atoms with Crippen molar-refractivity contribution >= 4 is 34.6 Å². The molecule has 0 fully saturated rings. The summed E-state index contributed by atoms with van der Waals surface area (Å²) in [6, 6.07) is -0.785. The highest BCUT2D eigenvalue weighted by atomic mass is 27.1. The second-order valence-electron chi connectivity index (χ2n) is 1.95. The number of primary amides is 1. The summed E-state index contributed by atoms with van der Waals surface area (Å²) < 4.78 is 4.54. The van der Waals surface area contributed by atoms with Crippen molar-refractivity contribution in [2.75, 3.05) is 0 Å². The Morgan fingerprint density at radius 3 is 2.57 bits per heavy atom. The molecule has 1 rings (SSSR count). The van der Waals surface area contributed by atoms with E-state index in [-0.39, 0.29) is 17.0 Å². The highest BCUT2D eigenvalue weighted by Crippen LogP contribution is 1.96. The maximum Gasteiger partial charge on any atom is 0.485 e. The molecule has 1 aliphatic heterocycles. The van der Waals surface area contributed by atoms with Crippen LogP contribution in [0.25, 0.3) is 0 Å². The molecule has 0 saturated heterocycles. The van der Waals surface area contributed by atoms with E-state index in [2.05, 4.69) is 19.4 Å². The van der Waals surface area contributed by atoms with Crippen LogP contribution in [-0.2, 0) is 8.58 Å². The lowest BCUT2D eigenvalue weighted by atomic mass is 10.5. The lowest BCUT2D eigenvalue weighted by Gasteiger charge is -2.02. The molecular weight excluding hydrogens is 211 g/mol. The molecule has 0 aliphatic carbocycles. The Morgan fingerprint density at radius 2 is 2.21 bits per heavy atom. The normalized spacial score (nSPS) is 18.1. The minimum absolute atomic E-state index is 0. The number of nitrogens with zero attached hydrogens (tertiary/aromatic N) is 1. The summed E-state index contributed by atoms with van der Waals surface area (Å²) in [4.78, 5) is 24.8. The van der Waals surface area contributed by atoms with Gasteiger partial charge in [-0.1, -0.05) is 0 Å². The van der Waals surface area contributed by atoms with Gasteiger partial charge in [0.1, 0.15) is 0 Å². The van der Waals surface area contributed by atoms with Crippen molar-refractivity contribution in [3.05, 3.63) is 0 Å². The van der Waals surface area contributed by atoms with Gasteiger partial charge in [0.15, 0.2) is 0 Å². The largest absolute Gasteiger partial charge is 0.627 e. The van der Waals surface area contributed by atoms with Crippen molar-refractivity contribution in [3.8, 4) is 0 Å². The van der Waals surface area contributed by atoms with Crippen LogP contribution in [-0.4, -0.2) is 51.7 Å². The second-order valence-corrected chi connectivity index (χ2v) is 2.19. The highest BCUT2D eigenvalue weighted by molar-refractivity contribution is 6.12. The van der Waals surface area contributed by atoms with Crippen LogP contribution >= 0.6 is 0 Å². The molecule has 1 aliphatic rings. The summed E-state index contributed by atoms with van der Waals surface area (Å²) in [6.07, 6.45) is -0.988. The maximum absolute atomic E-state index is 10.9. The van der Waals surface area contributed by atoms with E-state index in [1.807, 2.05) is 16.6 Å². The average Bonchev–Trinajstić information content (AvgIpc) is 2.31. The Balaban J connectivity index is 0. The fourth-order valence-corrected chi connectivity index (χ4v) is 0.794. The number of carbonyl (C=O) groups excluding carboxylic acids is 2. The SMILES string of the molecule is NC(=O)N[C@@H]1N=C([O][Al])NC1=O.O.O. The zero-order valence-electron chi connectivity index (χ0n) is 6.90. The molecule has 10 heteroatoms. The van der Waals surface area contributed by atoms with Crippen molar-refractivity contribution in [1.82, 2.24) is 10.6 Å². The number of amides is 3. The molecule has 0 bridgehead atoms. The summed E-state index contributed by atoms with van der Waals surface area (Å²) in [7, 11) is 0. The molecule has 9 nitrogen and oxygen atoms in total. The molecule has 1 atom stereocenters. The van der Waals surface area contributed by atoms with Gasteiger partial charge in [-0.05, 0) is 0 Å². The molecule has 78 valence electrons. The van der Waals surface area contributed by atoms with Gasteiger partial charge in [-0.3, -0.25) is 10.1 Å². The number of hydrogen-bond acceptors (Lipinski definition) is 4. The number of carbonyl (C=O) groups is 2. The Labute approximate surface area is 87.1 Å². The predicted molar refractivity (Wildman–Crippen MR) is 46.2 cm³/mol. The zero-order chi connectivity index (χ0) is 9.14. The quantitative estimate of drug-likeness (QED) is 0.382. The number of nitrogens with one attached hydrogen (secondary N) is 2. The number of nitrogens with two attached hydrogens (primary N) is 1. The number of hydrogen-bond donors (Lipinski definition) is 3. The molecule has 0 aromatic carbocycles. The van der Waals surface area contributed by atoms with Gasteiger partial charge in [0.25, 0.3) is 11.9 Å². The zero-order valence-corrected chi connectivity index (χ0v) is 8.06. The van der Waals surface area contributed by atoms with Gasteiger partial charge in [-0.2, -0.15) is 0 Å². The van der Waals surface area contributed by atoms with Crippen molar-refractivity contribution in [3.63, 3.8) is 0 Å². The topological polar surface area (TPSA) is 169 Å². The standard InChI is InChI=1S/C4H6N4O3.Al.2H2O/c5-3(10)6-1-2(9)8-4(11)7-1;;;/h1H,(H3,5,6,10)(H2,7,8,9,11);;2*1H2/q;+1;;/p-1/t1-;;;/m1.../s1. The smallest absolute Gasteiger partial charge is 0.485 e. The Kier molecular flexibility index (Phi) is 6.67. The van der Waals surface area contributed by atoms with E-state index >= 15 is 0 Å². The van der Waals surface area contributed by atoms with Crippen molar-refractivity contribution < 1.29 is 24.3 Å². The lowest BCUT2D eigenvalue weighted by molar-refractivity contribution is -0.120. The third-order valence-corrected chi connectivity index (χ3v) is 1.34. The van der Waals surface area contributed by atoms with Gasteiger partial charge >= 0.3 is 22.7 Å². The van der Waals surface area contributed by atoms with Crippen molar-refractivity contribution in [1.29, 1.82) is 0 Å². The van der Waals surface area contributed by atoms with E-state index in [4.69, 9.17) is 5.73 Å². The van der Waals surface area contributed by atoms with E-state index in [1.165, 1.54) is 0 Å². The first-order valence-electron chi connectivity index (χ1n) is 2.95. The summed E-state index contributed by atoms with van der Waals surface area (Å²) in [6.45, 7) is 0. The van der Waals surface area contributed by atoms with Crippen LogP contribution in [0, 0.1) is 0 Å². The lowest BCUT2D eigenvalue weighted by Crippen LogP contribution is -2.43. The molecular formula is C4H9AlN4O5. The van der Waals surface area contributed by atoms with E-state index < -0.39 is 18.1 Å². The molecule has 0 aromatic heterocycles. The van der Waals surface area contributed by atoms with Crippen LogP contribution in [0.1, 0.15) is 0 Å². The van der Waals surface area contributed by atoms with Crippen LogP contribution in [0.2, 0.25) is 0 Å². The molecule has 1 heterocycles. The van der Waals surface area contributed by atoms with Crippen LogP contribution in [0.15, 0.2) is 4.99 Å². The Morgan fingerprint density at radius 1 is 1.64 bits per heavy atom. The van der Waals surface area contributed by atoms with Gasteiger partial charge < -0.3 is 25.8 Å². The minimum Gasteiger partial charge on any atom is -0.627 e. The molecule has 3 amide bonds. The van der Waals surface area contributed by atoms with Gasteiger partial charge in [0.2, 0.25) is 6.17 Å². The summed E-state index contributed by atoms with van der Waals surface area (Å²) >= 11 is 1.91. The van der Waals surface area contributed by atoms with Crippen molar-refractivity contribution in [2.24, 2.45) is 10.7 Å². The first-order chi connectivity index (χ1) is 5.63. The van der Waals surface area contributed by atoms with E-state index in [0.717, 1.165) is 0 Å². The van der Waals surface area contributed by atoms with Crippen LogP contribution in [0.4, 0.5) is 4.79 Å². The first-order valence-corrected chi connectivity index (χ1v) is 3.42.